The van der Waals surface area contributed by atoms with Crippen LogP contribution in [0.5, 0.6) is 0 Å². The molecule has 47 heavy (non-hydrogen) atoms. The van der Waals surface area contributed by atoms with Crippen molar-refractivity contribution in [1.29, 1.82) is 0 Å². The third-order valence-electron chi connectivity index (χ3n) is 8.93. The Hall–Kier alpha value is -6.32. The van der Waals surface area contributed by atoms with E-state index in [9.17, 15) is 0 Å². The van der Waals surface area contributed by atoms with Crippen LogP contribution in [0.4, 0.5) is 0 Å². The van der Waals surface area contributed by atoms with Gasteiger partial charge in [-0.1, -0.05) is 146 Å². The minimum Gasteiger partial charge on any atom is -0.455 e. The van der Waals surface area contributed by atoms with Crippen molar-refractivity contribution in [2.75, 3.05) is 0 Å². The molecule has 3 nitrogen and oxygen atoms in total. The Labute approximate surface area is 272 Å². The first-order valence-corrected chi connectivity index (χ1v) is 15.8. The van der Waals surface area contributed by atoms with Gasteiger partial charge in [0.1, 0.15) is 11.2 Å². The lowest BCUT2D eigenvalue weighted by molar-refractivity contribution is 0.670. The summed E-state index contributed by atoms with van der Waals surface area (Å²) in [5.41, 5.74) is 11.0. The number of nitrogens with zero attached hydrogens (tertiary/aromatic N) is 2. The number of para-hydroxylation sites is 1. The Kier molecular flexibility index (Phi) is 6.46. The molecule has 3 heteroatoms. The van der Waals surface area contributed by atoms with Gasteiger partial charge in [-0.15, -0.1) is 0 Å². The molecule has 7 aromatic carbocycles. The highest BCUT2D eigenvalue weighted by molar-refractivity contribution is 6.18. The van der Waals surface area contributed by atoms with Gasteiger partial charge in [-0.3, -0.25) is 0 Å². The summed E-state index contributed by atoms with van der Waals surface area (Å²) >= 11 is 0. The first-order chi connectivity index (χ1) is 23.3. The van der Waals surface area contributed by atoms with Crippen LogP contribution < -0.4 is 0 Å². The standard InChI is InChI=1S/C44H28N2O/c1-4-14-29(15-5-1)32-24-25-35(34-21-11-10-20-33(32)34)36-26-27-38(42-37-22-12-13-23-41(37)47-43(36)42)44-45-39(30-16-6-2-7-17-30)28-40(46-44)31-18-8-3-9-19-31/h1-28H. The Balaban J connectivity index is 1.31. The van der Waals surface area contributed by atoms with Gasteiger partial charge in [0.25, 0.3) is 0 Å². The lowest BCUT2D eigenvalue weighted by Gasteiger charge is -2.14. The van der Waals surface area contributed by atoms with Crippen LogP contribution in [-0.4, -0.2) is 9.97 Å². The zero-order valence-corrected chi connectivity index (χ0v) is 25.5. The largest absolute Gasteiger partial charge is 0.455 e. The molecular weight excluding hydrogens is 572 g/mol. The monoisotopic (exact) mass is 600 g/mol. The molecule has 220 valence electrons. The molecule has 0 aliphatic heterocycles. The zero-order valence-electron chi connectivity index (χ0n) is 25.5. The van der Waals surface area contributed by atoms with Gasteiger partial charge < -0.3 is 4.42 Å². The van der Waals surface area contributed by atoms with E-state index >= 15 is 0 Å². The third kappa shape index (κ3) is 4.68. The molecule has 0 fully saturated rings. The predicted molar refractivity (Wildman–Crippen MR) is 194 cm³/mol. The van der Waals surface area contributed by atoms with Crippen molar-refractivity contribution in [3.05, 3.63) is 170 Å². The summed E-state index contributed by atoms with van der Waals surface area (Å²) in [5, 5.41) is 4.44. The molecule has 2 heterocycles. The van der Waals surface area contributed by atoms with Crippen LogP contribution >= 0.6 is 0 Å². The van der Waals surface area contributed by atoms with Gasteiger partial charge >= 0.3 is 0 Å². The van der Waals surface area contributed by atoms with Gasteiger partial charge in [0, 0.05) is 33.0 Å². The van der Waals surface area contributed by atoms with Gasteiger partial charge in [0.05, 0.1) is 11.4 Å². The van der Waals surface area contributed by atoms with E-state index in [1.54, 1.807) is 0 Å². The van der Waals surface area contributed by atoms with Crippen molar-refractivity contribution in [2.45, 2.75) is 0 Å². The summed E-state index contributed by atoms with van der Waals surface area (Å²) in [6.07, 6.45) is 0. The molecule has 0 amide bonds. The van der Waals surface area contributed by atoms with Crippen LogP contribution in [0.15, 0.2) is 174 Å². The summed E-state index contributed by atoms with van der Waals surface area (Å²) in [6.45, 7) is 0. The Morgan fingerprint density at radius 3 is 1.47 bits per heavy atom. The predicted octanol–water partition coefficient (Wildman–Crippen LogP) is 11.9. The number of rotatable bonds is 5. The fraction of sp³-hybridized carbons (Fsp3) is 0. The van der Waals surface area contributed by atoms with E-state index in [4.69, 9.17) is 14.4 Å². The Bertz CT molecular complexity index is 2500. The maximum absolute atomic E-state index is 6.74. The molecular formula is C44H28N2O. The number of aromatic nitrogens is 2. The van der Waals surface area contributed by atoms with Crippen molar-refractivity contribution in [3.8, 4) is 56.2 Å². The molecule has 0 aliphatic carbocycles. The second-order valence-electron chi connectivity index (χ2n) is 11.7. The number of hydrogen-bond acceptors (Lipinski definition) is 3. The van der Waals surface area contributed by atoms with Crippen molar-refractivity contribution in [3.63, 3.8) is 0 Å². The highest BCUT2D eigenvalue weighted by Crippen LogP contribution is 2.44. The summed E-state index contributed by atoms with van der Waals surface area (Å²) in [6, 6.07) is 58.9. The van der Waals surface area contributed by atoms with E-state index in [2.05, 4.69) is 121 Å². The Morgan fingerprint density at radius 1 is 0.362 bits per heavy atom. The van der Waals surface area contributed by atoms with Crippen molar-refractivity contribution in [1.82, 2.24) is 9.97 Å². The van der Waals surface area contributed by atoms with Gasteiger partial charge in [0.15, 0.2) is 5.82 Å². The first kappa shape index (κ1) is 27.0. The zero-order chi connectivity index (χ0) is 31.2. The third-order valence-corrected chi connectivity index (χ3v) is 8.93. The minimum absolute atomic E-state index is 0.664. The number of benzene rings is 7. The molecule has 0 N–H and O–H groups in total. The molecule has 9 rings (SSSR count). The van der Waals surface area contributed by atoms with Crippen molar-refractivity contribution in [2.24, 2.45) is 0 Å². The molecule has 0 unspecified atom stereocenters. The van der Waals surface area contributed by atoms with Crippen molar-refractivity contribution < 1.29 is 4.42 Å². The Morgan fingerprint density at radius 2 is 0.830 bits per heavy atom. The summed E-state index contributed by atoms with van der Waals surface area (Å²) in [5.74, 6) is 0.664. The van der Waals surface area contributed by atoms with Crippen molar-refractivity contribution >= 4 is 32.7 Å². The van der Waals surface area contributed by atoms with Crippen LogP contribution in [0.3, 0.4) is 0 Å². The van der Waals surface area contributed by atoms with Crippen LogP contribution in [0.25, 0.3) is 88.9 Å². The maximum Gasteiger partial charge on any atom is 0.161 e. The van der Waals surface area contributed by atoms with Gasteiger partial charge in [-0.25, -0.2) is 9.97 Å². The molecule has 0 saturated heterocycles. The van der Waals surface area contributed by atoms with Crippen LogP contribution in [-0.2, 0) is 0 Å². The van der Waals surface area contributed by atoms with E-state index in [1.807, 2.05) is 48.5 Å². The highest BCUT2D eigenvalue weighted by atomic mass is 16.3. The first-order valence-electron chi connectivity index (χ1n) is 15.8. The smallest absolute Gasteiger partial charge is 0.161 e. The molecule has 0 aliphatic rings. The fourth-order valence-corrected chi connectivity index (χ4v) is 6.71. The van der Waals surface area contributed by atoms with Crippen LogP contribution in [0.1, 0.15) is 0 Å². The molecule has 0 bridgehead atoms. The summed E-state index contributed by atoms with van der Waals surface area (Å²) in [4.78, 5) is 10.4. The lowest BCUT2D eigenvalue weighted by atomic mass is 9.90. The van der Waals surface area contributed by atoms with Crippen LogP contribution in [0.2, 0.25) is 0 Å². The summed E-state index contributed by atoms with van der Waals surface area (Å²) in [7, 11) is 0. The second kappa shape index (κ2) is 11.2. The topological polar surface area (TPSA) is 38.9 Å². The van der Waals surface area contributed by atoms with E-state index in [0.29, 0.717) is 5.82 Å². The van der Waals surface area contributed by atoms with E-state index in [-0.39, 0.29) is 0 Å². The normalized spacial score (nSPS) is 11.4. The molecule has 0 saturated carbocycles. The molecule has 0 spiro atoms. The van der Waals surface area contributed by atoms with Gasteiger partial charge in [-0.2, -0.15) is 0 Å². The molecule has 0 atom stereocenters. The molecule has 2 aromatic heterocycles. The number of hydrogen-bond donors (Lipinski definition) is 0. The van der Waals surface area contributed by atoms with Crippen LogP contribution in [0, 0.1) is 0 Å². The van der Waals surface area contributed by atoms with E-state index < -0.39 is 0 Å². The number of fused-ring (bicyclic) bond motifs is 4. The number of furan rings is 1. The lowest BCUT2D eigenvalue weighted by Crippen LogP contribution is -1.96. The highest BCUT2D eigenvalue weighted by Gasteiger charge is 2.21. The van der Waals surface area contributed by atoms with Gasteiger partial charge in [-0.05, 0) is 51.7 Å². The molecule has 9 aromatic rings. The van der Waals surface area contributed by atoms with Gasteiger partial charge in [0.2, 0.25) is 0 Å². The SMILES string of the molecule is c1ccc(-c2cc(-c3ccccc3)nc(-c3ccc(-c4ccc(-c5ccccc5)c5ccccc45)c4oc5ccccc5c34)n2)cc1. The average molecular weight is 601 g/mol. The average Bonchev–Trinajstić information content (AvgIpc) is 3.55. The summed E-state index contributed by atoms with van der Waals surface area (Å²) < 4.78 is 6.74. The fourth-order valence-electron chi connectivity index (χ4n) is 6.71. The quantitative estimate of drug-likeness (QED) is 0.197. The second-order valence-corrected chi connectivity index (χ2v) is 11.7. The molecule has 0 radical (unpaired) electrons. The van der Waals surface area contributed by atoms with E-state index in [0.717, 1.165) is 61.1 Å². The maximum atomic E-state index is 6.74. The minimum atomic E-state index is 0.664. The van der Waals surface area contributed by atoms with E-state index in [1.165, 1.54) is 21.9 Å².